The van der Waals surface area contributed by atoms with E-state index in [4.69, 9.17) is 0 Å². The Bertz CT molecular complexity index is 717. The van der Waals surface area contributed by atoms with Crippen LogP contribution in [0.1, 0.15) is 24.4 Å². The lowest BCUT2D eigenvalue weighted by atomic mass is 9.83. The number of benzene rings is 1. The predicted molar refractivity (Wildman–Crippen MR) is 79.8 cm³/mol. The topological polar surface area (TPSA) is 75.4 Å². The summed E-state index contributed by atoms with van der Waals surface area (Å²) >= 11 is 0. The fourth-order valence-electron chi connectivity index (χ4n) is 2.95. The number of carbonyl (C=O) groups excluding carboxylic acids is 2. The van der Waals surface area contributed by atoms with Gasteiger partial charge in [-0.2, -0.15) is 0 Å². The highest BCUT2D eigenvalue weighted by Gasteiger charge is 2.40. The molecule has 7 heteroatoms. The van der Waals surface area contributed by atoms with Crippen LogP contribution >= 0.6 is 0 Å². The molecule has 23 heavy (non-hydrogen) atoms. The molecule has 1 aliphatic heterocycles. The lowest BCUT2D eigenvalue weighted by molar-refractivity contribution is -0.140. The van der Waals surface area contributed by atoms with Gasteiger partial charge < -0.3 is 14.7 Å². The van der Waals surface area contributed by atoms with Gasteiger partial charge in [-0.15, -0.1) is 0 Å². The highest BCUT2D eigenvalue weighted by atomic mass is 19.1. The first kappa shape index (κ1) is 15.2. The van der Waals surface area contributed by atoms with E-state index >= 15 is 0 Å². The van der Waals surface area contributed by atoms with Crippen LogP contribution in [0.2, 0.25) is 0 Å². The number of aromatic nitrogens is 1. The maximum absolute atomic E-state index is 14.2. The van der Waals surface area contributed by atoms with Gasteiger partial charge in [-0.3, -0.25) is 9.59 Å². The van der Waals surface area contributed by atoms with Crippen molar-refractivity contribution in [1.82, 2.24) is 10.1 Å². The van der Waals surface area contributed by atoms with Gasteiger partial charge in [0.1, 0.15) is 12.1 Å². The van der Waals surface area contributed by atoms with Gasteiger partial charge in [0.05, 0.1) is 12.0 Å². The lowest BCUT2D eigenvalue weighted by Gasteiger charge is -2.38. The number of halogens is 1. The van der Waals surface area contributed by atoms with Crippen LogP contribution in [0.15, 0.2) is 41.1 Å². The number of hydrogen-bond donors (Lipinski definition) is 1. The molecule has 6 nitrogen and oxygen atoms in total. The highest BCUT2D eigenvalue weighted by molar-refractivity contribution is 5.93. The van der Waals surface area contributed by atoms with Gasteiger partial charge in [0.15, 0.2) is 5.82 Å². The maximum atomic E-state index is 14.2. The zero-order valence-electron chi connectivity index (χ0n) is 12.5. The summed E-state index contributed by atoms with van der Waals surface area (Å²) in [6, 6.07) is 7.07. The molecule has 1 aromatic carbocycles. The number of likely N-dealkylation sites (tertiary alicyclic amines) is 1. The highest BCUT2D eigenvalue weighted by Crippen LogP contribution is 2.37. The first-order valence-electron chi connectivity index (χ1n) is 7.29. The van der Waals surface area contributed by atoms with Crippen molar-refractivity contribution in [3.8, 4) is 0 Å². The summed E-state index contributed by atoms with van der Waals surface area (Å²) in [5, 5.41) is 6.28. The van der Waals surface area contributed by atoms with E-state index in [-0.39, 0.29) is 18.2 Å². The number of piperidine rings is 1. The average Bonchev–Trinajstić information content (AvgIpc) is 3.03. The summed E-state index contributed by atoms with van der Waals surface area (Å²) in [5.41, 5.74) is 0.336. The zero-order valence-corrected chi connectivity index (χ0v) is 12.5. The first-order chi connectivity index (χ1) is 11.1. The lowest BCUT2D eigenvalue weighted by Crippen LogP contribution is -2.44. The summed E-state index contributed by atoms with van der Waals surface area (Å²) in [6.07, 6.45) is 1.95. The van der Waals surface area contributed by atoms with Crippen molar-refractivity contribution in [2.75, 3.05) is 12.4 Å². The molecule has 2 aromatic rings. The van der Waals surface area contributed by atoms with Crippen LogP contribution in [-0.4, -0.2) is 28.9 Å². The molecule has 1 saturated heterocycles. The molecule has 0 spiro atoms. The van der Waals surface area contributed by atoms with E-state index in [1.54, 1.807) is 25.2 Å². The molecule has 0 radical (unpaired) electrons. The third-order valence-corrected chi connectivity index (χ3v) is 4.11. The van der Waals surface area contributed by atoms with Crippen molar-refractivity contribution in [2.24, 2.45) is 5.92 Å². The Morgan fingerprint density at radius 2 is 2.17 bits per heavy atom. The standard InChI is InChI=1S/C16H16FN3O3/c1-20-14(21)7-6-11(16(22)18-13-8-9-23-19-13)15(20)10-4-2-3-5-12(10)17/h2-5,8-9,11,15H,6-7H2,1H3,(H,18,19,22). The van der Waals surface area contributed by atoms with Gasteiger partial charge in [0.25, 0.3) is 0 Å². The molecule has 2 heterocycles. The number of amides is 2. The largest absolute Gasteiger partial charge is 0.363 e. The molecule has 3 rings (SSSR count). The van der Waals surface area contributed by atoms with Gasteiger partial charge in [-0.05, 0) is 12.5 Å². The predicted octanol–water partition coefficient (Wildman–Crippen LogP) is 2.36. The Morgan fingerprint density at radius 3 is 2.87 bits per heavy atom. The van der Waals surface area contributed by atoms with E-state index in [1.807, 2.05) is 0 Å². The van der Waals surface area contributed by atoms with Crippen molar-refractivity contribution in [3.63, 3.8) is 0 Å². The Morgan fingerprint density at radius 1 is 1.39 bits per heavy atom. The average molecular weight is 317 g/mol. The van der Waals surface area contributed by atoms with Crippen LogP contribution in [-0.2, 0) is 9.59 Å². The number of nitrogens with zero attached hydrogens (tertiary/aromatic N) is 2. The maximum Gasteiger partial charge on any atom is 0.231 e. The van der Waals surface area contributed by atoms with Gasteiger partial charge >= 0.3 is 0 Å². The summed E-state index contributed by atoms with van der Waals surface area (Å²) in [4.78, 5) is 26.0. The van der Waals surface area contributed by atoms with Crippen molar-refractivity contribution in [3.05, 3.63) is 48.0 Å². The molecule has 2 amide bonds. The molecular weight excluding hydrogens is 301 g/mol. The van der Waals surface area contributed by atoms with Crippen molar-refractivity contribution in [2.45, 2.75) is 18.9 Å². The van der Waals surface area contributed by atoms with Crippen molar-refractivity contribution < 1.29 is 18.5 Å². The van der Waals surface area contributed by atoms with E-state index < -0.39 is 17.8 Å². The third-order valence-electron chi connectivity index (χ3n) is 4.11. The van der Waals surface area contributed by atoms with Crippen molar-refractivity contribution >= 4 is 17.6 Å². The molecule has 1 aromatic heterocycles. The monoisotopic (exact) mass is 317 g/mol. The van der Waals surface area contributed by atoms with Gasteiger partial charge in [-0.1, -0.05) is 23.4 Å². The number of hydrogen-bond acceptors (Lipinski definition) is 4. The van der Waals surface area contributed by atoms with Gasteiger partial charge in [0.2, 0.25) is 11.8 Å². The summed E-state index contributed by atoms with van der Waals surface area (Å²) in [7, 11) is 1.59. The molecule has 0 bridgehead atoms. The second-order valence-electron chi connectivity index (χ2n) is 5.49. The van der Waals surface area contributed by atoms with Gasteiger partial charge in [0, 0.05) is 25.1 Å². The molecule has 120 valence electrons. The van der Waals surface area contributed by atoms with E-state index in [0.29, 0.717) is 17.8 Å². The molecule has 2 unspecified atom stereocenters. The molecule has 1 N–H and O–H groups in total. The number of anilines is 1. The summed E-state index contributed by atoms with van der Waals surface area (Å²) in [6.45, 7) is 0. The first-order valence-corrected chi connectivity index (χ1v) is 7.29. The van der Waals surface area contributed by atoms with Crippen LogP contribution in [0.5, 0.6) is 0 Å². The van der Waals surface area contributed by atoms with Crippen LogP contribution in [0.3, 0.4) is 0 Å². The number of rotatable bonds is 3. The van der Waals surface area contributed by atoms with Crippen LogP contribution < -0.4 is 5.32 Å². The fourth-order valence-corrected chi connectivity index (χ4v) is 2.95. The summed E-state index contributed by atoms with van der Waals surface area (Å²) < 4.78 is 18.9. The minimum atomic E-state index is -0.649. The SMILES string of the molecule is CN1C(=O)CCC(C(=O)Nc2ccon2)C1c1ccccc1F. The van der Waals surface area contributed by atoms with E-state index in [2.05, 4.69) is 15.0 Å². The zero-order chi connectivity index (χ0) is 16.4. The molecule has 2 atom stereocenters. The third kappa shape index (κ3) is 2.94. The second-order valence-corrected chi connectivity index (χ2v) is 5.49. The quantitative estimate of drug-likeness (QED) is 0.943. The molecule has 0 aliphatic carbocycles. The molecule has 1 aliphatic rings. The molecule has 0 saturated carbocycles. The minimum absolute atomic E-state index is 0.108. The summed E-state index contributed by atoms with van der Waals surface area (Å²) in [5.74, 6) is -1.12. The molecular formula is C16H16FN3O3. The minimum Gasteiger partial charge on any atom is -0.363 e. The van der Waals surface area contributed by atoms with Crippen LogP contribution in [0, 0.1) is 11.7 Å². The van der Waals surface area contributed by atoms with Crippen molar-refractivity contribution in [1.29, 1.82) is 0 Å². The Kier molecular flexibility index (Phi) is 4.10. The second kappa shape index (κ2) is 6.20. The van der Waals surface area contributed by atoms with Crippen LogP contribution in [0.4, 0.5) is 10.2 Å². The normalized spacial score (nSPS) is 21.3. The Labute approximate surface area is 132 Å². The van der Waals surface area contributed by atoms with Gasteiger partial charge in [-0.25, -0.2) is 4.39 Å². The van der Waals surface area contributed by atoms with E-state index in [9.17, 15) is 14.0 Å². The van der Waals surface area contributed by atoms with E-state index in [0.717, 1.165) is 0 Å². The fraction of sp³-hybridized carbons (Fsp3) is 0.312. The number of nitrogens with one attached hydrogen (secondary N) is 1. The number of carbonyl (C=O) groups is 2. The van der Waals surface area contributed by atoms with Crippen LogP contribution in [0.25, 0.3) is 0 Å². The smallest absolute Gasteiger partial charge is 0.231 e. The Balaban J connectivity index is 1.91. The molecule has 1 fully saturated rings. The Hall–Kier alpha value is -2.70. The van der Waals surface area contributed by atoms with E-state index in [1.165, 1.54) is 23.3 Å².